The van der Waals surface area contributed by atoms with Crippen molar-refractivity contribution in [2.75, 3.05) is 7.05 Å². The van der Waals surface area contributed by atoms with Crippen LogP contribution < -0.4 is 0 Å². The second-order valence-corrected chi connectivity index (χ2v) is 6.80. The van der Waals surface area contributed by atoms with Crippen LogP contribution in [0.25, 0.3) is 0 Å². The summed E-state index contributed by atoms with van der Waals surface area (Å²) < 4.78 is 0. The van der Waals surface area contributed by atoms with Crippen LogP contribution in [0.15, 0.2) is 0 Å². The molecule has 1 saturated heterocycles. The zero-order chi connectivity index (χ0) is 11.5. The number of hydrogen-bond acceptors (Lipinski definition) is 1. The molecule has 2 saturated carbocycles. The highest BCUT2D eigenvalue weighted by molar-refractivity contribution is 5.16. The Morgan fingerprint density at radius 2 is 2.06 bits per heavy atom. The third-order valence-corrected chi connectivity index (χ3v) is 6.43. The Bertz CT molecular complexity index is 287. The SMILES string of the molecule is CCC1C2C(C)CC(C)C23CCCC3N1C. The van der Waals surface area contributed by atoms with Gasteiger partial charge < -0.3 is 0 Å². The molecule has 3 aliphatic rings. The van der Waals surface area contributed by atoms with Crippen LogP contribution in [0.4, 0.5) is 0 Å². The maximum Gasteiger partial charge on any atom is 0.0158 e. The van der Waals surface area contributed by atoms with Gasteiger partial charge in [-0.15, -0.1) is 0 Å². The van der Waals surface area contributed by atoms with Crippen molar-refractivity contribution in [3.63, 3.8) is 0 Å². The van der Waals surface area contributed by atoms with Crippen molar-refractivity contribution in [1.29, 1.82) is 0 Å². The Morgan fingerprint density at radius 3 is 2.75 bits per heavy atom. The normalized spacial score (nSPS) is 56.6. The minimum absolute atomic E-state index is 0.717. The molecule has 16 heavy (non-hydrogen) atoms. The Labute approximate surface area is 101 Å². The highest BCUT2D eigenvalue weighted by Gasteiger charge is 2.65. The molecule has 6 unspecified atom stereocenters. The predicted molar refractivity (Wildman–Crippen MR) is 68.3 cm³/mol. The summed E-state index contributed by atoms with van der Waals surface area (Å²) in [6, 6.07) is 1.80. The maximum atomic E-state index is 2.77. The number of rotatable bonds is 1. The molecule has 92 valence electrons. The average molecular weight is 221 g/mol. The molecule has 1 heteroatoms. The van der Waals surface area contributed by atoms with Gasteiger partial charge in [-0.1, -0.05) is 27.2 Å². The molecule has 0 aromatic carbocycles. The molecule has 0 N–H and O–H groups in total. The van der Waals surface area contributed by atoms with E-state index in [4.69, 9.17) is 0 Å². The minimum atomic E-state index is 0.717. The molecule has 1 heterocycles. The van der Waals surface area contributed by atoms with Crippen molar-refractivity contribution in [2.45, 2.75) is 65.0 Å². The highest BCUT2D eigenvalue weighted by atomic mass is 15.2. The summed E-state index contributed by atoms with van der Waals surface area (Å²) in [4.78, 5) is 2.77. The van der Waals surface area contributed by atoms with Gasteiger partial charge in [0.2, 0.25) is 0 Å². The van der Waals surface area contributed by atoms with Crippen molar-refractivity contribution in [3.8, 4) is 0 Å². The van der Waals surface area contributed by atoms with E-state index in [-0.39, 0.29) is 0 Å². The zero-order valence-corrected chi connectivity index (χ0v) is 11.4. The standard InChI is InChI=1S/C15H27N/c1-5-12-14-10(2)9-11(3)15(14)8-6-7-13(15)16(12)4/h10-14H,5-9H2,1-4H3. The van der Waals surface area contributed by atoms with Gasteiger partial charge in [-0.25, -0.2) is 0 Å². The zero-order valence-electron chi connectivity index (χ0n) is 11.4. The van der Waals surface area contributed by atoms with E-state index in [1.54, 1.807) is 0 Å². The molecule has 1 spiro atoms. The van der Waals surface area contributed by atoms with E-state index in [1.807, 2.05) is 0 Å². The third kappa shape index (κ3) is 1.06. The Morgan fingerprint density at radius 1 is 1.31 bits per heavy atom. The van der Waals surface area contributed by atoms with E-state index < -0.39 is 0 Å². The molecule has 0 bridgehead atoms. The molecule has 3 fully saturated rings. The van der Waals surface area contributed by atoms with Crippen LogP contribution in [-0.4, -0.2) is 24.0 Å². The van der Waals surface area contributed by atoms with Crippen LogP contribution in [0, 0.1) is 23.2 Å². The molecular weight excluding hydrogens is 194 g/mol. The van der Waals surface area contributed by atoms with Gasteiger partial charge in [-0.05, 0) is 55.9 Å². The first-order valence-corrected chi connectivity index (χ1v) is 7.34. The van der Waals surface area contributed by atoms with E-state index in [9.17, 15) is 0 Å². The molecule has 0 amide bonds. The van der Waals surface area contributed by atoms with Crippen LogP contribution >= 0.6 is 0 Å². The monoisotopic (exact) mass is 221 g/mol. The fourth-order valence-corrected chi connectivity index (χ4v) is 6.13. The summed E-state index contributed by atoms with van der Waals surface area (Å²) in [6.45, 7) is 7.46. The quantitative estimate of drug-likeness (QED) is 0.654. The molecule has 1 nitrogen and oxygen atoms in total. The average Bonchev–Trinajstić information content (AvgIpc) is 2.83. The highest BCUT2D eigenvalue weighted by Crippen LogP contribution is 2.66. The minimum Gasteiger partial charge on any atom is -0.300 e. The fourth-order valence-electron chi connectivity index (χ4n) is 6.13. The largest absolute Gasteiger partial charge is 0.300 e. The molecule has 0 aromatic heterocycles. The van der Waals surface area contributed by atoms with Gasteiger partial charge in [0.1, 0.15) is 0 Å². The van der Waals surface area contributed by atoms with Gasteiger partial charge in [0.15, 0.2) is 0 Å². The van der Waals surface area contributed by atoms with Crippen LogP contribution in [-0.2, 0) is 0 Å². The summed E-state index contributed by atoms with van der Waals surface area (Å²) in [5.41, 5.74) is 0.717. The molecule has 6 atom stereocenters. The van der Waals surface area contributed by atoms with Gasteiger partial charge in [0.05, 0.1) is 0 Å². The van der Waals surface area contributed by atoms with Crippen LogP contribution in [0.5, 0.6) is 0 Å². The maximum absolute atomic E-state index is 2.77. The van der Waals surface area contributed by atoms with Crippen molar-refractivity contribution in [3.05, 3.63) is 0 Å². The van der Waals surface area contributed by atoms with Crippen molar-refractivity contribution < 1.29 is 0 Å². The summed E-state index contributed by atoms with van der Waals surface area (Å²) in [7, 11) is 2.41. The van der Waals surface area contributed by atoms with Gasteiger partial charge in [-0.3, -0.25) is 4.90 Å². The van der Waals surface area contributed by atoms with Crippen molar-refractivity contribution in [2.24, 2.45) is 23.2 Å². The lowest BCUT2D eigenvalue weighted by molar-refractivity contribution is 0.140. The number of hydrogen-bond donors (Lipinski definition) is 0. The third-order valence-electron chi connectivity index (χ3n) is 6.43. The molecule has 3 rings (SSSR count). The summed E-state index contributed by atoms with van der Waals surface area (Å²) >= 11 is 0. The van der Waals surface area contributed by atoms with Crippen LogP contribution in [0.3, 0.4) is 0 Å². The fraction of sp³-hybridized carbons (Fsp3) is 1.00. The topological polar surface area (TPSA) is 3.24 Å². The smallest absolute Gasteiger partial charge is 0.0158 e. The number of nitrogens with zero attached hydrogens (tertiary/aromatic N) is 1. The lowest BCUT2D eigenvalue weighted by atomic mass is 9.68. The van der Waals surface area contributed by atoms with Crippen LogP contribution in [0.1, 0.15) is 52.9 Å². The second kappa shape index (κ2) is 3.48. The second-order valence-electron chi connectivity index (χ2n) is 6.80. The lowest BCUT2D eigenvalue weighted by Gasteiger charge is -2.35. The van der Waals surface area contributed by atoms with E-state index in [0.29, 0.717) is 0 Å². The Balaban J connectivity index is 2.04. The van der Waals surface area contributed by atoms with Gasteiger partial charge in [0, 0.05) is 12.1 Å². The molecule has 2 aliphatic carbocycles. The van der Waals surface area contributed by atoms with E-state index in [0.717, 1.165) is 35.3 Å². The van der Waals surface area contributed by atoms with E-state index >= 15 is 0 Å². The summed E-state index contributed by atoms with van der Waals surface area (Å²) in [6.07, 6.45) is 7.33. The molecular formula is C15H27N. The summed E-state index contributed by atoms with van der Waals surface area (Å²) in [5, 5.41) is 0. The summed E-state index contributed by atoms with van der Waals surface area (Å²) in [5.74, 6) is 2.94. The van der Waals surface area contributed by atoms with Gasteiger partial charge in [-0.2, -0.15) is 0 Å². The van der Waals surface area contributed by atoms with E-state index in [2.05, 4.69) is 32.7 Å². The number of likely N-dealkylation sites (tertiary alicyclic amines) is 1. The Kier molecular flexibility index (Phi) is 2.41. The van der Waals surface area contributed by atoms with Crippen molar-refractivity contribution in [1.82, 2.24) is 4.90 Å². The Hall–Kier alpha value is -0.0400. The first kappa shape index (κ1) is 11.1. The molecule has 0 aromatic rings. The predicted octanol–water partition coefficient (Wildman–Crippen LogP) is 3.54. The van der Waals surface area contributed by atoms with E-state index in [1.165, 1.54) is 32.1 Å². The van der Waals surface area contributed by atoms with Crippen LogP contribution in [0.2, 0.25) is 0 Å². The molecule has 1 aliphatic heterocycles. The van der Waals surface area contributed by atoms with Crippen molar-refractivity contribution >= 4 is 0 Å². The first-order chi connectivity index (χ1) is 7.63. The van der Waals surface area contributed by atoms with Gasteiger partial charge >= 0.3 is 0 Å². The first-order valence-electron chi connectivity index (χ1n) is 7.34. The van der Waals surface area contributed by atoms with Gasteiger partial charge in [0.25, 0.3) is 0 Å². The lowest BCUT2D eigenvalue weighted by Crippen LogP contribution is -2.37. The molecule has 0 radical (unpaired) electrons.